The van der Waals surface area contributed by atoms with Gasteiger partial charge in [-0.25, -0.2) is 4.39 Å². The highest BCUT2D eigenvalue weighted by molar-refractivity contribution is 7.71. The van der Waals surface area contributed by atoms with E-state index in [9.17, 15) is 14.0 Å². The summed E-state index contributed by atoms with van der Waals surface area (Å²) < 4.78 is 20.6. The molecule has 0 saturated carbocycles. The number of hydrogen-bond donors (Lipinski definition) is 3. The van der Waals surface area contributed by atoms with Gasteiger partial charge in [0, 0.05) is 11.9 Å². The standard InChI is InChI=1S/C22H23FN4O3S/c1-13(2)17-9-4-14(3)10-19(17)30-12-20(28)25-26-21(29)18-11-24-22(31)27(18)16-7-5-15(23)6-8-16/h4-11,13H,12H2,1-3H3,(H,24,31)(H,25,28)(H,26,29). The molecule has 3 rings (SSSR count). The lowest BCUT2D eigenvalue weighted by Crippen LogP contribution is -2.44. The van der Waals surface area contributed by atoms with Gasteiger partial charge < -0.3 is 9.72 Å². The summed E-state index contributed by atoms with van der Waals surface area (Å²) in [5.41, 5.74) is 7.34. The van der Waals surface area contributed by atoms with Crippen LogP contribution in [0.1, 0.15) is 41.4 Å². The van der Waals surface area contributed by atoms with Crippen LogP contribution in [-0.2, 0) is 4.79 Å². The minimum atomic E-state index is -0.594. The Labute approximate surface area is 184 Å². The minimum absolute atomic E-state index is 0.151. The van der Waals surface area contributed by atoms with Gasteiger partial charge in [-0.2, -0.15) is 0 Å². The van der Waals surface area contributed by atoms with E-state index in [4.69, 9.17) is 17.0 Å². The fraction of sp³-hybridized carbons (Fsp3) is 0.227. The maximum atomic E-state index is 13.2. The van der Waals surface area contributed by atoms with Gasteiger partial charge in [-0.15, -0.1) is 0 Å². The number of hydrogen-bond acceptors (Lipinski definition) is 4. The normalized spacial score (nSPS) is 10.7. The molecule has 9 heteroatoms. The van der Waals surface area contributed by atoms with Crippen LogP contribution >= 0.6 is 12.2 Å². The van der Waals surface area contributed by atoms with Gasteiger partial charge >= 0.3 is 0 Å². The lowest BCUT2D eigenvalue weighted by molar-refractivity contribution is -0.123. The zero-order valence-corrected chi connectivity index (χ0v) is 18.2. The molecule has 1 aromatic heterocycles. The molecule has 1 heterocycles. The summed E-state index contributed by atoms with van der Waals surface area (Å²) in [6, 6.07) is 11.4. The largest absolute Gasteiger partial charge is 0.483 e. The summed E-state index contributed by atoms with van der Waals surface area (Å²) >= 11 is 5.21. The third kappa shape index (κ3) is 5.37. The van der Waals surface area contributed by atoms with E-state index in [-0.39, 0.29) is 23.0 Å². The molecule has 162 valence electrons. The molecule has 31 heavy (non-hydrogen) atoms. The predicted molar refractivity (Wildman–Crippen MR) is 117 cm³/mol. The Hall–Kier alpha value is -3.46. The number of nitrogens with zero attached hydrogens (tertiary/aromatic N) is 1. The fourth-order valence-corrected chi connectivity index (χ4v) is 3.26. The fourth-order valence-electron chi connectivity index (χ4n) is 3.00. The van der Waals surface area contributed by atoms with Crippen LogP contribution in [0.4, 0.5) is 4.39 Å². The molecule has 2 aromatic carbocycles. The van der Waals surface area contributed by atoms with E-state index in [1.54, 1.807) is 0 Å². The molecule has 3 aromatic rings. The first-order valence-corrected chi connectivity index (χ1v) is 10.1. The number of imidazole rings is 1. The van der Waals surface area contributed by atoms with Crippen molar-refractivity contribution in [3.05, 3.63) is 76.1 Å². The Morgan fingerprint density at radius 2 is 1.87 bits per heavy atom. The molecule has 0 saturated heterocycles. The number of aryl methyl sites for hydroxylation is 1. The Kier molecular flexibility index (Phi) is 6.86. The summed E-state index contributed by atoms with van der Waals surface area (Å²) in [6.45, 7) is 5.76. The first-order valence-electron chi connectivity index (χ1n) is 9.65. The van der Waals surface area contributed by atoms with Gasteiger partial charge in [0.05, 0.1) is 0 Å². The predicted octanol–water partition coefficient (Wildman–Crippen LogP) is 3.95. The Morgan fingerprint density at radius 1 is 1.16 bits per heavy atom. The van der Waals surface area contributed by atoms with E-state index in [0.717, 1.165) is 11.1 Å². The Balaban J connectivity index is 1.63. The monoisotopic (exact) mass is 442 g/mol. The number of ether oxygens (including phenoxy) is 1. The molecule has 0 aliphatic rings. The average Bonchev–Trinajstić information content (AvgIpc) is 3.12. The van der Waals surface area contributed by atoms with E-state index in [2.05, 4.69) is 15.8 Å². The maximum Gasteiger partial charge on any atom is 0.288 e. The number of benzene rings is 2. The van der Waals surface area contributed by atoms with Crippen molar-refractivity contribution in [1.82, 2.24) is 20.4 Å². The van der Waals surface area contributed by atoms with Crippen LogP contribution in [0.5, 0.6) is 5.75 Å². The SMILES string of the molecule is Cc1ccc(C(C)C)c(OCC(=O)NNC(=O)c2c[nH]c(=S)n2-c2ccc(F)cc2)c1. The van der Waals surface area contributed by atoms with Gasteiger partial charge in [0.1, 0.15) is 17.3 Å². The van der Waals surface area contributed by atoms with Gasteiger partial charge in [0.2, 0.25) is 0 Å². The molecule has 0 radical (unpaired) electrons. The molecular formula is C22H23FN4O3S. The summed E-state index contributed by atoms with van der Waals surface area (Å²) in [5, 5.41) is 0. The van der Waals surface area contributed by atoms with Crippen molar-refractivity contribution >= 4 is 24.0 Å². The number of amides is 2. The zero-order valence-electron chi connectivity index (χ0n) is 17.4. The maximum absolute atomic E-state index is 13.2. The zero-order chi connectivity index (χ0) is 22.5. The molecule has 0 aliphatic heterocycles. The number of aromatic nitrogens is 2. The van der Waals surface area contributed by atoms with Gasteiger partial charge in [0.15, 0.2) is 11.4 Å². The number of halogens is 1. The third-order valence-corrected chi connectivity index (χ3v) is 4.86. The smallest absolute Gasteiger partial charge is 0.288 e. The molecule has 2 amide bonds. The van der Waals surface area contributed by atoms with Crippen molar-refractivity contribution in [2.75, 3.05) is 6.61 Å². The van der Waals surface area contributed by atoms with Gasteiger partial charge in [-0.05, 0) is 66.5 Å². The van der Waals surface area contributed by atoms with E-state index >= 15 is 0 Å². The van der Waals surface area contributed by atoms with Crippen LogP contribution in [0.25, 0.3) is 5.69 Å². The Morgan fingerprint density at radius 3 is 2.55 bits per heavy atom. The summed E-state index contributed by atoms with van der Waals surface area (Å²) in [7, 11) is 0. The van der Waals surface area contributed by atoms with Crippen LogP contribution in [-0.4, -0.2) is 28.0 Å². The second-order valence-electron chi connectivity index (χ2n) is 7.28. The topological polar surface area (TPSA) is 88.2 Å². The lowest BCUT2D eigenvalue weighted by Gasteiger charge is -2.15. The molecule has 0 unspecified atom stereocenters. The molecule has 0 atom stereocenters. The molecule has 7 nitrogen and oxygen atoms in total. The van der Waals surface area contributed by atoms with Gasteiger partial charge in [0.25, 0.3) is 11.8 Å². The second-order valence-corrected chi connectivity index (χ2v) is 7.66. The molecular weight excluding hydrogens is 419 g/mol. The summed E-state index contributed by atoms with van der Waals surface area (Å²) in [5.74, 6) is -0.651. The summed E-state index contributed by atoms with van der Waals surface area (Å²) in [4.78, 5) is 27.5. The van der Waals surface area contributed by atoms with Crippen LogP contribution in [0.3, 0.4) is 0 Å². The molecule has 3 N–H and O–H groups in total. The highest BCUT2D eigenvalue weighted by Gasteiger charge is 2.16. The highest BCUT2D eigenvalue weighted by atomic mass is 32.1. The van der Waals surface area contributed by atoms with Crippen LogP contribution in [0.2, 0.25) is 0 Å². The number of carbonyl (C=O) groups is 2. The van der Waals surface area contributed by atoms with Crippen LogP contribution in [0.15, 0.2) is 48.7 Å². The highest BCUT2D eigenvalue weighted by Crippen LogP contribution is 2.27. The number of carbonyl (C=O) groups excluding carboxylic acids is 2. The molecule has 0 spiro atoms. The third-order valence-electron chi connectivity index (χ3n) is 4.56. The van der Waals surface area contributed by atoms with E-state index in [1.165, 1.54) is 35.0 Å². The van der Waals surface area contributed by atoms with Crippen molar-refractivity contribution in [3.63, 3.8) is 0 Å². The number of H-pyrrole nitrogens is 1. The van der Waals surface area contributed by atoms with Crippen molar-refractivity contribution < 1.29 is 18.7 Å². The van der Waals surface area contributed by atoms with Crippen molar-refractivity contribution in [3.8, 4) is 11.4 Å². The van der Waals surface area contributed by atoms with E-state index in [0.29, 0.717) is 11.4 Å². The number of nitrogens with one attached hydrogen (secondary N) is 3. The Bertz CT molecular complexity index is 1150. The van der Waals surface area contributed by atoms with Crippen LogP contribution in [0, 0.1) is 17.5 Å². The van der Waals surface area contributed by atoms with Gasteiger partial charge in [-0.3, -0.25) is 25.0 Å². The average molecular weight is 443 g/mol. The number of hydrazine groups is 1. The number of rotatable bonds is 6. The molecule has 0 fully saturated rings. The second kappa shape index (κ2) is 9.57. The molecule has 0 aliphatic carbocycles. The lowest BCUT2D eigenvalue weighted by atomic mass is 10.0. The van der Waals surface area contributed by atoms with Crippen molar-refractivity contribution in [1.29, 1.82) is 0 Å². The van der Waals surface area contributed by atoms with E-state index < -0.39 is 17.6 Å². The minimum Gasteiger partial charge on any atom is -0.483 e. The first kappa shape index (κ1) is 22.2. The molecule has 0 bridgehead atoms. The first-order chi connectivity index (χ1) is 14.8. The van der Waals surface area contributed by atoms with Crippen molar-refractivity contribution in [2.45, 2.75) is 26.7 Å². The quantitative estimate of drug-likeness (QED) is 0.399. The van der Waals surface area contributed by atoms with Crippen molar-refractivity contribution in [2.24, 2.45) is 0 Å². The van der Waals surface area contributed by atoms with Crippen LogP contribution < -0.4 is 15.6 Å². The number of aromatic amines is 1. The summed E-state index contributed by atoms with van der Waals surface area (Å²) in [6.07, 6.45) is 1.41. The van der Waals surface area contributed by atoms with Gasteiger partial charge in [-0.1, -0.05) is 26.0 Å². The van der Waals surface area contributed by atoms with E-state index in [1.807, 2.05) is 39.0 Å².